The van der Waals surface area contributed by atoms with Gasteiger partial charge in [0, 0.05) is 5.69 Å². The Morgan fingerprint density at radius 1 is 1.38 bits per heavy atom. The fourth-order valence-corrected chi connectivity index (χ4v) is 3.61. The molecule has 0 spiro atoms. The summed E-state index contributed by atoms with van der Waals surface area (Å²) in [4.78, 5) is 25.6. The predicted molar refractivity (Wildman–Crippen MR) is 90.4 cm³/mol. The summed E-state index contributed by atoms with van der Waals surface area (Å²) >= 11 is 6.55. The molecule has 1 aliphatic heterocycles. The molecule has 1 unspecified atom stereocenters. The molecule has 1 heterocycles. The first-order chi connectivity index (χ1) is 10.1. The fourth-order valence-electron chi connectivity index (χ4n) is 2.18. The SMILES string of the molecule is CCc1ccccc1NC(=O)CN1C(=O)C(CC)SC1=S. The van der Waals surface area contributed by atoms with Crippen LogP contribution in [0.25, 0.3) is 0 Å². The molecule has 2 rings (SSSR count). The van der Waals surface area contributed by atoms with Gasteiger partial charge in [-0.2, -0.15) is 0 Å². The van der Waals surface area contributed by atoms with E-state index in [1.807, 2.05) is 38.1 Å². The summed E-state index contributed by atoms with van der Waals surface area (Å²) in [5, 5.41) is 2.72. The van der Waals surface area contributed by atoms with Crippen LogP contribution in [-0.2, 0) is 16.0 Å². The van der Waals surface area contributed by atoms with Crippen LogP contribution in [0.3, 0.4) is 0 Å². The topological polar surface area (TPSA) is 49.4 Å². The quantitative estimate of drug-likeness (QED) is 0.847. The van der Waals surface area contributed by atoms with Crippen molar-refractivity contribution in [2.45, 2.75) is 31.9 Å². The average molecular weight is 322 g/mol. The first-order valence-electron chi connectivity index (χ1n) is 6.96. The molecule has 1 saturated heterocycles. The lowest BCUT2D eigenvalue weighted by Crippen LogP contribution is -2.38. The number of hydrogen-bond acceptors (Lipinski definition) is 4. The molecule has 1 aromatic carbocycles. The highest BCUT2D eigenvalue weighted by molar-refractivity contribution is 8.24. The summed E-state index contributed by atoms with van der Waals surface area (Å²) in [7, 11) is 0. The Balaban J connectivity index is 2.02. The largest absolute Gasteiger partial charge is 0.324 e. The van der Waals surface area contributed by atoms with E-state index in [9.17, 15) is 9.59 Å². The summed E-state index contributed by atoms with van der Waals surface area (Å²) < 4.78 is 0.491. The summed E-state index contributed by atoms with van der Waals surface area (Å²) in [5.74, 6) is -0.282. The van der Waals surface area contributed by atoms with Gasteiger partial charge in [0.25, 0.3) is 0 Å². The van der Waals surface area contributed by atoms with Crippen LogP contribution in [-0.4, -0.2) is 32.8 Å². The Morgan fingerprint density at radius 3 is 2.71 bits per heavy atom. The van der Waals surface area contributed by atoms with Crippen LogP contribution in [0, 0.1) is 0 Å². The number of carbonyl (C=O) groups excluding carboxylic acids is 2. The Hall–Kier alpha value is -1.40. The van der Waals surface area contributed by atoms with Crippen LogP contribution in [0.15, 0.2) is 24.3 Å². The number of amides is 2. The highest BCUT2D eigenvalue weighted by Crippen LogP contribution is 2.29. The van der Waals surface area contributed by atoms with Gasteiger partial charge in [-0.25, -0.2) is 0 Å². The van der Waals surface area contributed by atoms with Crippen molar-refractivity contribution < 1.29 is 9.59 Å². The lowest BCUT2D eigenvalue weighted by atomic mass is 10.1. The molecule has 1 aromatic rings. The first kappa shape index (κ1) is 16.0. The van der Waals surface area contributed by atoms with E-state index in [4.69, 9.17) is 12.2 Å². The molecule has 0 aliphatic carbocycles. The van der Waals surface area contributed by atoms with Crippen LogP contribution in [0.2, 0.25) is 0 Å². The van der Waals surface area contributed by atoms with Gasteiger partial charge >= 0.3 is 0 Å². The fraction of sp³-hybridized carbons (Fsp3) is 0.400. The third-order valence-corrected chi connectivity index (χ3v) is 5.10. The van der Waals surface area contributed by atoms with E-state index in [1.165, 1.54) is 16.7 Å². The standard InChI is InChI=1S/C15H18N2O2S2/c1-3-10-7-5-6-8-11(10)16-13(18)9-17-14(19)12(4-2)21-15(17)20/h5-8,12H,3-4,9H2,1-2H3,(H,16,18). The lowest BCUT2D eigenvalue weighted by molar-refractivity contribution is -0.129. The molecule has 0 saturated carbocycles. The molecule has 4 nitrogen and oxygen atoms in total. The van der Waals surface area contributed by atoms with E-state index in [2.05, 4.69) is 5.32 Å². The van der Waals surface area contributed by atoms with Crippen molar-refractivity contribution >= 4 is 45.8 Å². The van der Waals surface area contributed by atoms with Gasteiger partial charge in [-0.05, 0) is 24.5 Å². The Labute approximate surface area is 134 Å². The molecule has 112 valence electrons. The zero-order valence-corrected chi connectivity index (χ0v) is 13.7. The van der Waals surface area contributed by atoms with Gasteiger partial charge in [0.1, 0.15) is 10.9 Å². The molecular weight excluding hydrogens is 304 g/mol. The van der Waals surface area contributed by atoms with Gasteiger partial charge in [-0.1, -0.05) is 56.0 Å². The number of carbonyl (C=O) groups is 2. The third-order valence-electron chi connectivity index (χ3n) is 3.35. The molecular formula is C15H18N2O2S2. The lowest BCUT2D eigenvalue weighted by Gasteiger charge is -2.16. The maximum absolute atomic E-state index is 12.1. The van der Waals surface area contributed by atoms with E-state index < -0.39 is 0 Å². The van der Waals surface area contributed by atoms with Crippen molar-refractivity contribution in [2.24, 2.45) is 0 Å². The summed E-state index contributed by atoms with van der Waals surface area (Å²) in [6, 6.07) is 7.66. The number of thiocarbonyl (C=S) groups is 1. The maximum Gasteiger partial charge on any atom is 0.244 e. The molecule has 1 fully saturated rings. The Kier molecular flexibility index (Phi) is 5.36. The first-order valence-corrected chi connectivity index (χ1v) is 8.25. The van der Waals surface area contributed by atoms with Crippen molar-refractivity contribution in [2.75, 3.05) is 11.9 Å². The molecule has 0 radical (unpaired) electrons. The van der Waals surface area contributed by atoms with E-state index in [0.717, 1.165) is 24.1 Å². The minimum atomic E-state index is -0.219. The molecule has 1 aliphatic rings. The number of anilines is 1. The van der Waals surface area contributed by atoms with Gasteiger partial charge in [-0.3, -0.25) is 14.5 Å². The molecule has 6 heteroatoms. The van der Waals surface area contributed by atoms with E-state index >= 15 is 0 Å². The van der Waals surface area contributed by atoms with Crippen molar-refractivity contribution in [1.29, 1.82) is 0 Å². The summed E-state index contributed by atoms with van der Waals surface area (Å²) in [6.45, 7) is 3.96. The van der Waals surface area contributed by atoms with E-state index in [0.29, 0.717) is 4.32 Å². The van der Waals surface area contributed by atoms with Crippen LogP contribution in [0.5, 0.6) is 0 Å². The number of para-hydroxylation sites is 1. The maximum atomic E-state index is 12.1. The number of benzene rings is 1. The monoisotopic (exact) mass is 322 g/mol. The molecule has 21 heavy (non-hydrogen) atoms. The van der Waals surface area contributed by atoms with E-state index in [1.54, 1.807) is 0 Å². The minimum Gasteiger partial charge on any atom is -0.324 e. The smallest absolute Gasteiger partial charge is 0.244 e. The number of hydrogen-bond donors (Lipinski definition) is 1. The van der Waals surface area contributed by atoms with Crippen molar-refractivity contribution in [3.8, 4) is 0 Å². The van der Waals surface area contributed by atoms with Crippen molar-refractivity contribution in [1.82, 2.24) is 4.90 Å². The molecule has 1 N–H and O–H groups in total. The van der Waals surface area contributed by atoms with Crippen LogP contribution in [0.4, 0.5) is 5.69 Å². The number of rotatable bonds is 5. The molecule has 1 atom stereocenters. The van der Waals surface area contributed by atoms with Gasteiger partial charge in [0.2, 0.25) is 11.8 Å². The predicted octanol–water partition coefficient (Wildman–Crippen LogP) is 2.83. The van der Waals surface area contributed by atoms with Gasteiger partial charge in [0.05, 0.1) is 5.25 Å². The Morgan fingerprint density at radius 2 is 2.10 bits per heavy atom. The van der Waals surface area contributed by atoms with Crippen molar-refractivity contribution in [3.05, 3.63) is 29.8 Å². The minimum absolute atomic E-state index is 0.0147. The number of aryl methyl sites for hydroxylation is 1. The van der Waals surface area contributed by atoms with Gasteiger partial charge < -0.3 is 5.32 Å². The number of nitrogens with zero attached hydrogens (tertiary/aromatic N) is 1. The number of thioether (sulfide) groups is 1. The highest BCUT2D eigenvalue weighted by atomic mass is 32.2. The second-order valence-electron chi connectivity index (χ2n) is 4.76. The average Bonchev–Trinajstić information content (AvgIpc) is 2.75. The van der Waals surface area contributed by atoms with Gasteiger partial charge in [0.15, 0.2) is 0 Å². The summed E-state index contributed by atoms with van der Waals surface area (Å²) in [5.41, 5.74) is 1.87. The van der Waals surface area contributed by atoms with E-state index in [-0.39, 0.29) is 23.6 Å². The second-order valence-corrected chi connectivity index (χ2v) is 6.60. The summed E-state index contributed by atoms with van der Waals surface area (Å²) in [6.07, 6.45) is 1.56. The second kappa shape index (κ2) is 7.04. The van der Waals surface area contributed by atoms with Crippen LogP contribution < -0.4 is 5.32 Å². The number of nitrogens with one attached hydrogen (secondary N) is 1. The molecule has 0 aromatic heterocycles. The molecule has 0 bridgehead atoms. The van der Waals surface area contributed by atoms with Crippen LogP contribution in [0.1, 0.15) is 25.8 Å². The zero-order chi connectivity index (χ0) is 15.4. The van der Waals surface area contributed by atoms with Crippen molar-refractivity contribution in [3.63, 3.8) is 0 Å². The molecule has 2 amide bonds. The normalized spacial score (nSPS) is 18.2. The Bertz CT molecular complexity index is 575. The third kappa shape index (κ3) is 3.63. The highest BCUT2D eigenvalue weighted by Gasteiger charge is 2.36. The van der Waals surface area contributed by atoms with Gasteiger partial charge in [-0.15, -0.1) is 0 Å². The van der Waals surface area contributed by atoms with Crippen LogP contribution >= 0.6 is 24.0 Å². The zero-order valence-electron chi connectivity index (χ0n) is 12.1.